The van der Waals surface area contributed by atoms with Crippen molar-refractivity contribution in [1.29, 1.82) is 0 Å². The first-order valence-corrected chi connectivity index (χ1v) is 8.33. The highest BCUT2D eigenvalue weighted by molar-refractivity contribution is 5.85. The minimum Gasteiger partial charge on any atom is -0.369 e. The maximum atomic E-state index is 4.90. The maximum Gasteiger partial charge on any atom is 0.0709 e. The summed E-state index contributed by atoms with van der Waals surface area (Å²) in [6, 6.07) is 7.56. The predicted octanol–water partition coefficient (Wildman–Crippen LogP) is 2.73. The van der Waals surface area contributed by atoms with Gasteiger partial charge in [-0.15, -0.1) is 0 Å². The van der Waals surface area contributed by atoms with E-state index in [2.05, 4.69) is 40.0 Å². The number of rotatable bonds is 3. The van der Waals surface area contributed by atoms with E-state index in [0.29, 0.717) is 6.04 Å². The normalized spacial score (nSPS) is 20.0. The van der Waals surface area contributed by atoms with Crippen LogP contribution in [0.2, 0.25) is 0 Å². The molecule has 0 amide bonds. The Morgan fingerprint density at radius 2 is 2.05 bits per heavy atom. The van der Waals surface area contributed by atoms with Gasteiger partial charge < -0.3 is 10.2 Å². The molecule has 2 aromatic rings. The van der Waals surface area contributed by atoms with Crippen LogP contribution in [0.4, 0.5) is 5.69 Å². The number of benzene rings is 1. The smallest absolute Gasteiger partial charge is 0.0709 e. The highest BCUT2D eigenvalue weighted by Gasteiger charge is 2.24. The van der Waals surface area contributed by atoms with Gasteiger partial charge in [-0.2, -0.15) is 5.10 Å². The topological polar surface area (TPSA) is 33.1 Å². The lowest BCUT2D eigenvalue weighted by Gasteiger charge is -2.30. The molecule has 4 rings (SSSR count). The number of fused-ring (bicyclic) bond motifs is 1. The number of nitrogens with zero attached hydrogens (tertiary/aromatic N) is 3. The highest BCUT2D eigenvalue weighted by Crippen LogP contribution is 2.35. The van der Waals surface area contributed by atoms with Gasteiger partial charge in [0.2, 0.25) is 0 Å². The molecule has 21 heavy (non-hydrogen) atoms. The van der Waals surface area contributed by atoms with Gasteiger partial charge >= 0.3 is 0 Å². The van der Waals surface area contributed by atoms with E-state index in [0.717, 1.165) is 32.6 Å². The summed E-state index contributed by atoms with van der Waals surface area (Å²) in [6.07, 6.45) is 4.95. The van der Waals surface area contributed by atoms with E-state index in [4.69, 9.17) is 5.10 Å². The van der Waals surface area contributed by atoms with Gasteiger partial charge in [0.05, 0.1) is 17.3 Å². The van der Waals surface area contributed by atoms with Crippen molar-refractivity contribution in [1.82, 2.24) is 15.1 Å². The van der Waals surface area contributed by atoms with Crippen LogP contribution < -0.4 is 10.2 Å². The molecule has 4 heteroatoms. The summed E-state index contributed by atoms with van der Waals surface area (Å²) >= 11 is 0. The van der Waals surface area contributed by atoms with Crippen molar-refractivity contribution < 1.29 is 0 Å². The van der Waals surface area contributed by atoms with Crippen molar-refractivity contribution in [2.45, 2.75) is 38.6 Å². The van der Waals surface area contributed by atoms with E-state index in [1.165, 1.54) is 41.5 Å². The van der Waals surface area contributed by atoms with Crippen molar-refractivity contribution in [2.75, 3.05) is 31.1 Å². The molecule has 2 aliphatic rings. The molecular formula is C17H24N4. The van der Waals surface area contributed by atoms with E-state index in [9.17, 15) is 0 Å². The number of nitrogens with one attached hydrogen (secondary N) is 1. The fraction of sp³-hybridized carbons (Fsp3) is 0.588. The molecule has 1 N–H and O–H groups in total. The Bertz CT molecular complexity index is 636. The second-order valence-corrected chi connectivity index (χ2v) is 6.27. The second-order valence-electron chi connectivity index (χ2n) is 6.27. The second kappa shape index (κ2) is 5.34. The molecule has 2 fully saturated rings. The van der Waals surface area contributed by atoms with Crippen molar-refractivity contribution in [3.8, 4) is 0 Å². The predicted molar refractivity (Wildman–Crippen MR) is 87.1 cm³/mol. The van der Waals surface area contributed by atoms with Crippen molar-refractivity contribution in [2.24, 2.45) is 0 Å². The summed E-state index contributed by atoms with van der Waals surface area (Å²) in [5.74, 6) is 0. The van der Waals surface area contributed by atoms with Crippen LogP contribution in [0.3, 0.4) is 0 Å². The number of aromatic nitrogens is 2. The van der Waals surface area contributed by atoms with Crippen LogP contribution in [0.1, 0.15) is 37.9 Å². The molecule has 112 valence electrons. The maximum absolute atomic E-state index is 4.90. The minimum atomic E-state index is 0.631. The SMILES string of the molecule is CCc1nn(C2CCC2)c2cc(N3CCNCC3)ccc12. The van der Waals surface area contributed by atoms with Crippen molar-refractivity contribution >= 4 is 16.6 Å². The molecular weight excluding hydrogens is 260 g/mol. The van der Waals surface area contributed by atoms with Gasteiger partial charge in [0.25, 0.3) is 0 Å². The monoisotopic (exact) mass is 284 g/mol. The van der Waals surface area contributed by atoms with Crippen LogP contribution in [-0.2, 0) is 6.42 Å². The van der Waals surface area contributed by atoms with E-state index in [1.54, 1.807) is 0 Å². The lowest BCUT2D eigenvalue weighted by Crippen LogP contribution is -2.43. The van der Waals surface area contributed by atoms with E-state index < -0.39 is 0 Å². The van der Waals surface area contributed by atoms with Gasteiger partial charge in [0, 0.05) is 37.3 Å². The standard InChI is InChI=1S/C17H24N4/c1-2-16-15-7-6-14(20-10-8-18-9-11-20)12-17(15)21(19-16)13-4-3-5-13/h6-7,12-13,18H,2-5,8-11H2,1H3. The lowest BCUT2D eigenvalue weighted by molar-refractivity contribution is 0.296. The third-order valence-corrected chi connectivity index (χ3v) is 5.01. The average Bonchev–Trinajstić information content (AvgIpc) is 2.84. The van der Waals surface area contributed by atoms with Crippen LogP contribution in [0, 0.1) is 0 Å². The Hall–Kier alpha value is -1.55. The number of aryl methyl sites for hydroxylation is 1. The van der Waals surface area contributed by atoms with Crippen LogP contribution in [0.25, 0.3) is 10.9 Å². The summed E-state index contributed by atoms with van der Waals surface area (Å²) in [5.41, 5.74) is 3.95. The highest BCUT2D eigenvalue weighted by atomic mass is 15.3. The molecule has 0 atom stereocenters. The molecule has 1 aromatic carbocycles. The molecule has 1 aliphatic carbocycles. The summed E-state index contributed by atoms with van der Waals surface area (Å²) in [5, 5.41) is 9.68. The number of hydrogen-bond acceptors (Lipinski definition) is 3. The molecule has 0 radical (unpaired) electrons. The first kappa shape index (κ1) is 13.1. The van der Waals surface area contributed by atoms with Gasteiger partial charge in [-0.25, -0.2) is 0 Å². The Balaban J connectivity index is 1.77. The first-order chi connectivity index (χ1) is 10.4. The van der Waals surface area contributed by atoms with Crippen molar-refractivity contribution in [3.05, 3.63) is 23.9 Å². The van der Waals surface area contributed by atoms with Gasteiger partial charge in [0.15, 0.2) is 0 Å². The summed E-state index contributed by atoms with van der Waals surface area (Å²) in [4.78, 5) is 2.49. The Kier molecular flexibility index (Phi) is 3.34. The van der Waals surface area contributed by atoms with Crippen LogP contribution in [-0.4, -0.2) is 36.0 Å². The molecule has 0 bridgehead atoms. The van der Waals surface area contributed by atoms with Crippen LogP contribution >= 0.6 is 0 Å². The molecule has 1 aliphatic heterocycles. The zero-order valence-corrected chi connectivity index (χ0v) is 12.8. The van der Waals surface area contributed by atoms with Crippen LogP contribution in [0.15, 0.2) is 18.2 Å². The quantitative estimate of drug-likeness (QED) is 0.941. The van der Waals surface area contributed by atoms with Gasteiger partial charge in [-0.1, -0.05) is 6.92 Å². The van der Waals surface area contributed by atoms with E-state index >= 15 is 0 Å². The molecule has 1 saturated carbocycles. The lowest BCUT2D eigenvalue weighted by atomic mass is 9.93. The fourth-order valence-electron chi connectivity index (χ4n) is 3.48. The first-order valence-electron chi connectivity index (χ1n) is 8.33. The third kappa shape index (κ3) is 2.22. The summed E-state index contributed by atoms with van der Waals surface area (Å²) < 4.78 is 2.31. The van der Waals surface area contributed by atoms with Gasteiger partial charge in [-0.3, -0.25) is 4.68 Å². The summed E-state index contributed by atoms with van der Waals surface area (Å²) in [7, 11) is 0. The van der Waals surface area contributed by atoms with Crippen molar-refractivity contribution in [3.63, 3.8) is 0 Å². The molecule has 4 nitrogen and oxygen atoms in total. The minimum absolute atomic E-state index is 0.631. The Labute approximate surface area is 126 Å². The van der Waals surface area contributed by atoms with E-state index in [1.807, 2.05) is 0 Å². The fourth-order valence-corrected chi connectivity index (χ4v) is 3.48. The molecule has 1 aromatic heterocycles. The van der Waals surface area contributed by atoms with Gasteiger partial charge in [-0.05, 0) is 43.9 Å². The molecule has 2 heterocycles. The van der Waals surface area contributed by atoms with E-state index in [-0.39, 0.29) is 0 Å². The molecule has 0 spiro atoms. The Morgan fingerprint density at radius 1 is 1.24 bits per heavy atom. The van der Waals surface area contributed by atoms with Crippen LogP contribution in [0.5, 0.6) is 0 Å². The number of piperazine rings is 1. The van der Waals surface area contributed by atoms with Gasteiger partial charge in [0.1, 0.15) is 0 Å². The number of hydrogen-bond donors (Lipinski definition) is 1. The molecule has 0 unspecified atom stereocenters. The largest absolute Gasteiger partial charge is 0.369 e. The molecule has 1 saturated heterocycles. The zero-order chi connectivity index (χ0) is 14.2. The average molecular weight is 284 g/mol. The Morgan fingerprint density at radius 3 is 2.71 bits per heavy atom. The number of anilines is 1. The zero-order valence-electron chi connectivity index (χ0n) is 12.8. The third-order valence-electron chi connectivity index (χ3n) is 5.01. The summed E-state index contributed by atoms with van der Waals surface area (Å²) in [6.45, 7) is 6.57.